The lowest BCUT2D eigenvalue weighted by Gasteiger charge is -2.08. The minimum absolute atomic E-state index is 0.126. The van der Waals surface area contributed by atoms with Gasteiger partial charge in [0.25, 0.3) is 5.89 Å². The van der Waals surface area contributed by atoms with E-state index in [9.17, 15) is 9.18 Å². The molecule has 5 rings (SSSR count). The van der Waals surface area contributed by atoms with Gasteiger partial charge < -0.3 is 9.26 Å². The third kappa shape index (κ3) is 3.59. The number of hydrogen-bond donors (Lipinski definition) is 0. The number of carbonyl (C=O) groups is 1. The molecule has 1 aliphatic rings. The average Bonchev–Trinajstić information content (AvgIpc) is 3.50. The second-order valence-corrected chi connectivity index (χ2v) is 6.98. The summed E-state index contributed by atoms with van der Waals surface area (Å²) in [5.74, 6) is 0.0812. The summed E-state index contributed by atoms with van der Waals surface area (Å²) in [6, 6.07) is 15.0. The molecular formula is C22H16FN3O3. The largest absolute Gasteiger partial charge is 0.454 e. The fraction of sp³-hybridized carbons (Fsp3) is 0.182. The van der Waals surface area contributed by atoms with Gasteiger partial charge in [-0.1, -0.05) is 23.4 Å². The second-order valence-electron chi connectivity index (χ2n) is 6.98. The van der Waals surface area contributed by atoms with E-state index in [-0.39, 0.29) is 24.1 Å². The van der Waals surface area contributed by atoms with Gasteiger partial charge in [0, 0.05) is 22.6 Å². The lowest BCUT2D eigenvalue weighted by atomic mass is 10.1. The van der Waals surface area contributed by atoms with Crippen LogP contribution in [0.5, 0.6) is 0 Å². The molecule has 1 aliphatic carbocycles. The van der Waals surface area contributed by atoms with E-state index in [1.165, 1.54) is 12.1 Å². The van der Waals surface area contributed by atoms with Crippen LogP contribution in [0.15, 0.2) is 59.1 Å². The lowest BCUT2D eigenvalue weighted by molar-refractivity contribution is 0.0462. The molecule has 1 saturated carbocycles. The molecule has 0 radical (unpaired) electrons. The number of benzene rings is 2. The first-order valence-corrected chi connectivity index (χ1v) is 9.33. The monoisotopic (exact) mass is 389 g/mol. The van der Waals surface area contributed by atoms with Crippen LogP contribution in [0.3, 0.4) is 0 Å². The van der Waals surface area contributed by atoms with Crippen molar-refractivity contribution in [1.29, 1.82) is 0 Å². The van der Waals surface area contributed by atoms with E-state index in [1.807, 2.05) is 30.3 Å². The van der Waals surface area contributed by atoms with Crippen molar-refractivity contribution in [3.8, 4) is 11.5 Å². The number of halogens is 1. The van der Waals surface area contributed by atoms with E-state index < -0.39 is 5.97 Å². The molecule has 6 nitrogen and oxygen atoms in total. The molecule has 0 bridgehead atoms. The standard InChI is InChI=1S/C22H16FN3O3/c23-15-9-7-14(8-10-15)21-25-20(26-29-21)12-28-22(27)17-11-19(13-5-6-13)24-18-4-2-1-3-16(17)18/h1-4,7-11,13H,5-6,12H2. The molecule has 0 saturated heterocycles. The summed E-state index contributed by atoms with van der Waals surface area (Å²) < 4.78 is 23.6. The minimum Gasteiger partial charge on any atom is -0.454 e. The number of rotatable bonds is 5. The van der Waals surface area contributed by atoms with Gasteiger partial charge in [0.15, 0.2) is 6.61 Å². The number of hydrogen-bond acceptors (Lipinski definition) is 6. The molecule has 0 atom stereocenters. The molecule has 7 heteroatoms. The SMILES string of the molecule is O=C(OCc1noc(-c2ccc(F)cc2)n1)c1cc(C2CC2)nc2ccccc12. The first-order valence-electron chi connectivity index (χ1n) is 9.33. The third-order valence-corrected chi connectivity index (χ3v) is 4.84. The van der Waals surface area contributed by atoms with E-state index >= 15 is 0 Å². The Bertz CT molecular complexity index is 1200. The summed E-state index contributed by atoms with van der Waals surface area (Å²) >= 11 is 0. The van der Waals surface area contributed by atoms with E-state index in [1.54, 1.807) is 12.1 Å². The summed E-state index contributed by atoms with van der Waals surface area (Å²) in [7, 11) is 0. The maximum atomic E-state index is 13.0. The summed E-state index contributed by atoms with van der Waals surface area (Å²) in [5, 5.41) is 4.58. The number of aromatic nitrogens is 3. The van der Waals surface area contributed by atoms with Crippen LogP contribution in [0.1, 0.15) is 40.6 Å². The Kier molecular flexibility index (Phi) is 4.27. The van der Waals surface area contributed by atoms with E-state index in [0.717, 1.165) is 29.4 Å². The van der Waals surface area contributed by atoms with Crippen LogP contribution in [0.25, 0.3) is 22.4 Å². The number of carbonyl (C=O) groups excluding carboxylic acids is 1. The van der Waals surface area contributed by atoms with E-state index in [2.05, 4.69) is 15.1 Å². The quantitative estimate of drug-likeness (QED) is 0.462. The van der Waals surface area contributed by atoms with Gasteiger partial charge >= 0.3 is 5.97 Å². The number of pyridine rings is 1. The Morgan fingerprint density at radius 3 is 2.69 bits per heavy atom. The Balaban J connectivity index is 1.35. The van der Waals surface area contributed by atoms with Crippen molar-refractivity contribution in [1.82, 2.24) is 15.1 Å². The molecule has 0 aliphatic heterocycles. The number of ether oxygens (including phenoxy) is 1. The van der Waals surface area contributed by atoms with Crippen LogP contribution in [-0.4, -0.2) is 21.1 Å². The van der Waals surface area contributed by atoms with Crippen molar-refractivity contribution in [2.24, 2.45) is 0 Å². The van der Waals surface area contributed by atoms with Gasteiger partial charge in [-0.3, -0.25) is 4.98 Å². The Morgan fingerprint density at radius 2 is 1.90 bits per heavy atom. The minimum atomic E-state index is -0.460. The molecule has 4 aromatic rings. The first-order chi connectivity index (χ1) is 14.2. The molecule has 0 N–H and O–H groups in total. The summed E-state index contributed by atoms with van der Waals surface area (Å²) in [5.41, 5.74) is 2.78. The van der Waals surface area contributed by atoms with Crippen molar-refractivity contribution < 1.29 is 18.4 Å². The van der Waals surface area contributed by atoms with Gasteiger partial charge in [-0.15, -0.1) is 0 Å². The highest BCUT2D eigenvalue weighted by atomic mass is 19.1. The average molecular weight is 389 g/mol. The van der Waals surface area contributed by atoms with Gasteiger partial charge in [-0.25, -0.2) is 9.18 Å². The zero-order chi connectivity index (χ0) is 19.8. The number of fused-ring (bicyclic) bond motifs is 1. The molecule has 0 amide bonds. The summed E-state index contributed by atoms with van der Waals surface area (Å²) in [6.45, 7) is -0.126. The highest BCUT2D eigenvalue weighted by Crippen LogP contribution is 2.40. The Morgan fingerprint density at radius 1 is 1.10 bits per heavy atom. The van der Waals surface area contributed by atoms with Crippen molar-refractivity contribution in [3.63, 3.8) is 0 Å². The van der Waals surface area contributed by atoms with Gasteiger partial charge in [0.2, 0.25) is 5.82 Å². The maximum Gasteiger partial charge on any atom is 0.339 e. The smallest absolute Gasteiger partial charge is 0.339 e. The predicted octanol–water partition coefficient (Wildman–Crippen LogP) is 4.66. The van der Waals surface area contributed by atoms with Gasteiger partial charge in [0.05, 0.1) is 11.1 Å². The topological polar surface area (TPSA) is 78.1 Å². The highest BCUT2D eigenvalue weighted by molar-refractivity contribution is 6.03. The number of esters is 1. The first kappa shape index (κ1) is 17.5. The van der Waals surface area contributed by atoms with Crippen molar-refractivity contribution in [2.45, 2.75) is 25.4 Å². The van der Waals surface area contributed by atoms with Crippen LogP contribution in [0, 0.1) is 5.82 Å². The molecular weight excluding hydrogens is 373 g/mol. The van der Waals surface area contributed by atoms with Gasteiger partial charge in [-0.05, 0) is 49.2 Å². The molecule has 144 valence electrons. The summed E-state index contributed by atoms with van der Waals surface area (Å²) in [4.78, 5) is 21.6. The van der Waals surface area contributed by atoms with Crippen LogP contribution in [-0.2, 0) is 11.3 Å². The number of para-hydroxylation sites is 1. The van der Waals surface area contributed by atoms with Gasteiger partial charge in [-0.2, -0.15) is 4.98 Å². The van der Waals surface area contributed by atoms with Crippen molar-refractivity contribution in [2.75, 3.05) is 0 Å². The normalized spacial score (nSPS) is 13.6. The van der Waals surface area contributed by atoms with Crippen LogP contribution < -0.4 is 0 Å². The molecule has 29 heavy (non-hydrogen) atoms. The van der Waals surface area contributed by atoms with E-state index in [4.69, 9.17) is 9.26 Å². The van der Waals surface area contributed by atoms with E-state index in [0.29, 0.717) is 17.0 Å². The predicted molar refractivity (Wildman–Crippen MR) is 103 cm³/mol. The van der Waals surface area contributed by atoms with Crippen LogP contribution in [0.2, 0.25) is 0 Å². The molecule has 2 aromatic carbocycles. The second kappa shape index (κ2) is 7.09. The molecule has 2 aromatic heterocycles. The zero-order valence-electron chi connectivity index (χ0n) is 15.3. The zero-order valence-corrected chi connectivity index (χ0v) is 15.3. The van der Waals surface area contributed by atoms with Crippen molar-refractivity contribution >= 4 is 16.9 Å². The highest BCUT2D eigenvalue weighted by Gasteiger charge is 2.27. The van der Waals surface area contributed by atoms with Gasteiger partial charge in [0.1, 0.15) is 5.82 Å². The Labute approximate surface area is 165 Å². The van der Waals surface area contributed by atoms with Crippen molar-refractivity contribution in [3.05, 3.63) is 77.5 Å². The fourth-order valence-electron chi connectivity index (χ4n) is 3.18. The molecule has 0 unspecified atom stereocenters. The Hall–Kier alpha value is -3.61. The molecule has 1 fully saturated rings. The lowest BCUT2D eigenvalue weighted by Crippen LogP contribution is -2.08. The summed E-state index contributed by atoms with van der Waals surface area (Å²) in [6.07, 6.45) is 2.18. The van der Waals surface area contributed by atoms with Crippen LogP contribution in [0.4, 0.5) is 4.39 Å². The fourth-order valence-corrected chi connectivity index (χ4v) is 3.18. The third-order valence-electron chi connectivity index (χ3n) is 4.84. The van der Waals surface area contributed by atoms with Crippen LogP contribution >= 0.6 is 0 Å². The molecule has 0 spiro atoms. The molecule has 2 heterocycles. The number of nitrogens with zero attached hydrogens (tertiary/aromatic N) is 3. The maximum absolute atomic E-state index is 13.0.